The number of hydrogen-bond acceptors (Lipinski definition) is 2. The lowest BCUT2D eigenvalue weighted by Gasteiger charge is -2.07. The van der Waals surface area contributed by atoms with Crippen LogP contribution in [-0.2, 0) is 0 Å². The first-order chi connectivity index (χ1) is 8.66. The van der Waals surface area contributed by atoms with Gasteiger partial charge in [0.15, 0.2) is 5.78 Å². The van der Waals surface area contributed by atoms with Gasteiger partial charge in [0.25, 0.3) is 0 Å². The minimum atomic E-state index is -0.319. The molecule has 0 atom stereocenters. The van der Waals surface area contributed by atoms with Crippen molar-refractivity contribution in [3.8, 4) is 0 Å². The molecule has 0 fully saturated rings. The van der Waals surface area contributed by atoms with Gasteiger partial charge in [-0.15, -0.1) is 0 Å². The molecule has 3 heteroatoms. The molecule has 0 spiro atoms. The number of carbonyl (C=O) groups is 1. The first kappa shape index (κ1) is 12.3. The molecule has 0 aliphatic heterocycles. The van der Waals surface area contributed by atoms with E-state index in [9.17, 15) is 9.18 Å². The highest BCUT2D eigenvalue weighted by Gasteiger charge is 2.09. The summed E-state index contributed by atoms with van der Waals surface area (Å²) in [6, 6.07) is 13.7. The minimum absolute atomic E-state index is 0.0450. The van der Waals surface area contributed by atoms with Gasteiger partial charge in [0, 0.05) is 11.3 Å². The standard InChI is InChI=1S/C15H14FNO/c1-11-9-12(16)7-8-14(11)15(18)10-17-13-5-3-2-4-6-13/h2-9,17H,10H2,1H3. The number of ketones is 1. The van der Waals surface area contributed by atoms with Crippen molar-refractivity contribution in [2.75, 3.05) is 11.9 Å². The summed E-state index contributed by atoms with van der Waals surface area (Å²) in [6.07, 6.45) is 0. The molecule has 2 aromatic carbocycles. The number of nitrogens with one attached hydrogen (secondary N) is 1. The van der Waals surface area contributed by atoms with E-state index in [1.807, 2.05) is 30.3 Å². The summed E-state index contributed by atoms with van der Waals surface area (Å²) in [4.78, 5) is 12.0. The quantitative estimate of drug-likeness (QED) is 0.833. The number of halogens is 1. The molecule has 0 radical (unpaired) electrons. The molecule has 0 aliphatic rings. The van der Waals surface area contributed by atoms with Crippen LogP contribution < -0.4 is 5.32 Å². The van der Waals surface area contributed by atoms with Crippen molar-refractivity contribution in [2.24, 2.45) is 0 Å². The second-order valence-corrected chi connectivity index (χ2v) is 4.10. The van der Waals surface area contributed by atoms with Crippen molar-refractivity contribution in [3.63, 3.8) is 0 Å². The molecule has 1 N–H and O–H groups in total. The van der Waals surface area contributed by atoms with Gasteiger partial charge in [-0.05, 0) is 42.8 Å². The average Bonchev–Trinajstić information content (AvgIpc) is 2.37. The highest BCUT2D eigenvalue weighted by Crippen LogP contribution is 2.12. The van der Waals surface area contributed by atoms with Crippen LogP contribution in [0.1, 0.15) is 15.9 Å². The van der Waals surface area contributed by atoms with E-state index in [1.165, 1.54) is 18.2 Å². The summed E-state index contributed by atoms with van der Waals surface area (Å²) >= 11 is 0. The van der Waals surface area contributed by atoms with Crippen LogP contribution in [0.5, 0.6) is 0 Å². The van der Waals surface area contributed by atoms with Gasteiger partial charge in [0.2, 0.25) is 0 Å². The van der Waals surface area contributed by atoms with E-state index < -0.39 is 0 Å². The number of hydrogen-bond donors (Lipinski definition) is 1. The van der Waals surface area contributed by atoms with Gasteiger partial charge in [0.05, 0.1) is 6.54 Å². The zero-order valence-electron chi connectivity index (χ0n) is 10.1. The van der Waals surface area contributed by atoms with Crippen molar-refractivity contribution in [2.45, 2.75) is 6.92 Å². The van der Waals surface area contributed by atoms with Crippen molar-refractivity contribution in [1.29, 1.82) is 0 Å². The Morgan fingerprint density at radius 1 is 1.17 bits per heavy atom. The lowest BCUT2D eigenvalue weighted by Crippen LogP contribution is -2.15. The highest BCUT2D eigenvalue weighted by molar-refractivity contribution is 6.00. The van der Waals surface area contributed by atoms with Crippen LogP contribution in [0.15, 0.2) is 48.5 Å². The maximum absolute atomic E-state index is 12.9. The normalized spacial score (nSPS) is 10.1. The maximum atomic E-state index is 12.9. The first-order valence-corrected chi connectivity index (χ1v) is 5.75. The molecule has 92 valence electrons. The number of anilines is 1. The lowest BCUT2D eigenvalue weighted by molar-refractivity contribution is 0.101. The van der Waals surface area contributed by atoms with E-state index in [0.29, 0.717) is 11.1 Å². The molecule has 0 aliphatic carbocycles. The zero-order chi connectivity index (χ0) is 13.0. The van der Waals surface area contributed by atoms with E-state index in [1.54, 1.807) is 6.92 Å². The molecule has 2 aromatic rings. The largest absolute Gasteiger partial charge is 0.378 e. The van der Waals surface area contributed by atoms with Gasteiger partial charge in [-0.25, -0.2) is 4.39 Å². The third-order valence-electron chi connectivity index (χ3n) is 2.72. The molecule has 0 saturated carbocycles. The van der Waals surface area contributed by atoms with Gasteiger partial charge < -0.3 is 5.32 Å². The number of para-hydroxylation sites is 1. The van der Waals surface area contributed by atoms with Gasteiger partial charge in [0.1, 0.15) is 5.82 Å². The summed E-state index contributed by atoms with van der Waals surface area (Å²) in [5, 5.41) is 3.04. The Morgan fingerprint density at radius 2 is 1.89 bits per heavy atom. The molecular weight excluding hydrogens is 229 g/mol. The molecule has 0 unspecified atom stereocenters. The predicted molar refractivity (Wildman–Crippen MR) is 70.4 cm³/mol. The summed E-state index contributed by atoms with van der Waals surface area (Å²) in [5.74, 6) is -0.364. The monoisotopic (exact) mass is 243 g/mol. The number of rotatable bonds is 4. The molecule has 0 bridgehead atoms. The van der Waals surface area contributed by atoms with Crippen LogP contribution in [0.4, 0.5) is 10.1 Å². The summed E-state index contributed by atoms with van der Waals surface area (Å²) in [6.45, 7) is 1.94. The fraction of sp³-hybridized carbons (Fsp3) is 0.133. The highest BCUT2D eigenvalue weighted by atomic mass is 19.1. The SMILES string of the molecule is Cc1cc(F)ccc1C(=O)CNc1ccccc1. The van der Waals surface area contributed by atoms with E-state index in [2.05, 4.69) is 5.32 Å². The van der Waals surface area contributed by atoms with Crippen molar-refractivity contribution >= 4 is 11.5 Å². The first-order valence-electron chi connectivity index (χ1n) is 5.75. The Bertz CT molecular complexity index is 552. The van der Waals surface area contributed by atoms with Crippen LogP contribution in [0, 0.1) is 12.7 Å². The van der Waals surface area contributed by atoms with Crippen LogP contribution in [-0.4, -0.2) is 12.3 Å². The molecule has 0 amide bonds. The summed E-state index contributed by atoms with van der Waals surface area (Å²) in [7, 11) is 0. The van der Waals surface area contributed by atoms with Gasteiger partial charge in [-0.2, -0.15) is 0 Å². The molecule has 0 aromatic heterocycles. The average molecular weight is 243 g/mol. The third-order valence-corrected chi connectivity index (χ3v) is 2.72. The van der Waals surface area contributed by atoms with E-state index in [0.717, 1.165) is 5.69 Å². The predicted octanol–water partition coefficient (Wildman–Crippen LogP) is 3.43. The molecule has 2 nitrogen and oxygen atoms in total. The Labute approximate surface area is 105 Å². The fourth-order valence-corrected chi connectivity index (χ4v) is 1.77. The maximum Gasteiger partial charge on any atom is 0.182 e. The van der Waals surface area contributed by atoms with Crippen LogP contribution >= 0.6 is 0 Å². The van der Waals surface area contributed by atoms with E-state index in [4.69, 9.17) is 0 Å². The Balaban J connectivity index is 2.04. The summed E-state index contributed by atoms with van der Waals surface area (Å²) in [5.41, 5.74) is 2.11. The topological polar surface area (TPSA) is 29.1 Å². The van der Waals surface area contributed by atoms with E-state index >= 15 is 0 Å². The lowest BCUT2D eigenvalue weighted by atomic mass is 10.0. The summed E-state index contributed by atoms with van der Waals surface area (Å²) < 4.78 is 12.9. The van der Waals surface area contributed by atoms with Gasteiger partial charge in [-0.1, -0.05) is 18.2 Å². The molecule has 0 heterocycles. The molecule has 0 saturated heterocycles. The Morgan fingerprint density at radius 3 is 2.56 bits per heavy atom. The number of aryl methyl sites for hydroxylation is 1. The van der Waals surface area contributed by atoms with Crippen LogP contribution in [0.2, 0.25) is 0 Å². The number of Topliss-reactive ketones (excluding diaryl/α,β-unsaturated/α-hetero) is 1. The van der Waals surface area contributed by atoms with Crippen LogP contribution in [0.3, 0.4) is 0 Å². The molecule has 2 rings (SSSR count). The molecular formula is C15H14FNO. The minimum Gasteiger partial charge on any atom is -0.378 e. The number of carbonyl (C=O) groups excluding carboxylic acids is 1. The van der Waals surface area contributed by atoms with Crippen LogP contribution in [0.25, 0.3) is 0 Å². The van der Waals surface area contributed by atoms with E-state index in [-0.39, 0.29) is 18.1 Å². The van der Waals surface area contributed by atoms with Crippen molar-refractivity contribution < 1.29 is 9.18 Å². The molecule has 18 heavy (non-hydrogen) atoms. The zero-order valence-corrected chi connectivity index (χ0v) is 10.1. The van der Waals surface area contributed by atoms with Crippen molar-refractivity contribution in [1.82, 2.24) is 0 Å². The van der Waals surface area contributed by atoms with Gasteiger partial charge in [-0.3, -0.25) is 4.79 Å². The smallest absolute Gasteiger partial charge is 0.182 e. The second kappa shape index (κ2) is 5.45. The van der Waals surface area contributed by atoms with Gasteiger partial charge >= 0.3 is 0 Å². The Hall–Kier alpha value is -2.16. The number of benzene rings is 2. The second-order valence-electron chi connectivity index (χ2n) is 4.10. The van der Waals surface area contributed by atoms with Crippen molar-refractivity contribution in [3.05, 3.63) is 65.5 Å². The Kier molecular flexibility index (Phi) is 3.72. The third kappa shape index (κ3) is 2.94. The fourth-order valence-electron chi connectivity index (χ4n) is 1.77.